The summed E-state index contributed by atoms with van der Waals surface area (Å²) in [5.41, 5.74) is 0. The number of carbonyl (C=O) groups is 1. The summed E-state index contributed by atoms with van der Waals surface area (Å²) in [7, 11) is 1.63. The van der Waals surface area contributed by atoms with E-state index >= 15 is 0 Å². The first-order chi connectivity index (χ1) is 8.01. The van der Waals surface area contributed by atoms with Gasteiger partial charge < -0.3 is 20.5 Å². The fourth-order valence-electron chi connectivity index (χ4n) is 1.31. The van der Waals surface area contributed by atoms with E-state index in [-0.39, 0.29) is 24.5 Å². The first kappa shape index (κ1) is 16.2. The van der Waals surface area contributed by atoms with Crippen LogP contribution < -0.4 is 10.6 Å². The van der Waals surface area contributed by atoms with E-state index in [1.165, 1.54) is 0 Å². The molecule has 17 heavy (non-hydrogen) atoms. The maximum absolute atomic E-state index is 11.5. The number of hydrogen-bond acceptors (Lipinski definition) is 3. The molecule has 0 heterocycles. The quantitative estimate of drug-likeness (QED) is 0.601. The second-order valence-corrected chi connectivity index (χ2v) is 4.49. The molecule has 0 aromatic carbocycles. The molecule has 0 aromatic rings. The number of ether oxygens (including phenoxy) is 1. The molecule has 3 atom stereocenters. The van der Waals surface area contributed by atoms with E-state index in [1.807, 2.05) is 20.8 Å². The van der Waals surface area contributed by atoms with Crippen molar-refractivity contribution in [2.75, 3.05) is 20.3 Å². The number of aliphatic hydroxyl groups is 1. The molecular formula is C12H26N2O3. The van der Waals surface area contributed by atoms with Crippen LogP contribution in [0.25, 0.3) is 0 Å². The van der Waals surface area contributed by atoms with Crippen LogP contribution in [0.4, 0.5) is 4.79 Å². The Morgan fingerprint density at radius 1 is 1.41 bits per heavy atom. The van der Waals surface area contributed by atoms with Crippen molar-refractivity contribution in [3.8, 4) is 0 Å². The van der Waals surface area contributed by atoms with Crippen molar-refractivity contribution in [3.63, 3.8) is 0 Å². The van der Waals surface area contributed by atoms with E-state index < -0.39 is 6.10 Å². The third-order valence-electron chi connectivity index (χ3n) is 2.91. The van der Waals surface area contributed by atoms with Crippen molar-refractivity contribution < 1.29 is 14.6 Å². The summed E-state index contributed by atoms with van der Waals surface area (Å²) in [6.07, 6.45) is 1.19. The van der Waals surface area contributed by atoms with Crippen LogP contribution in [0.3, 0.4) is 0 Å². The van der Waals surface area contributed by atoms with Crippen LogP contribution in [0.1, 0.15) is 33.6 Å². The Morgan fingerprint density at radius 2 is 2.06 bits per heavy atom. The molecule has 0 bridgehead atoms. The van der Waals surface area contributed by atoms with Gasteiger partial charge in [0.25, 0.3) is 0 Å². The predicted molar refractivity (Wildman–Crippen MR) is 68.0 cm³/mol. The number of amides is 2. The van der Waals surface area contributed by atoms with Gasteiger partial charge in [0.2, 0.25) is 0 Å². The minimum Gasteiger partial charge on any atom is -0.391 e. The van der Waals surface area contributed by atoms with Crippen LogP contribution in [-0.4, -0.2) is 43.5 Å². The lowest BCUT2D eigenvalue weighted by Gasteiger charge is -2.19. The van der Waals surface area contributed by atoms with Gasteiger partial charge in [-0.15, -0.1) is 0 Å². The molecule has 0 fully saturated rings. The molecule has 0 aliphatic carbocycles. The highest BCUT2D eigenvalue weighted by Crippen LogP contribution is 2.05. The number of carbonyl (C=O) groups excluding carboxylic acids is 1. The molecule has 0 saturated heterocycles. The van der Waals surface area contributed by atoms with Gasteiger partial charge >= 0.3 is 6.03 Å². The van der Waals surface area contributed by atoms with Gasteiger partial charge in [0, 0.05) is 26.3 Å². The van der Waals surface area contributed by atoms with Gasteiger partial charge in [0.05, 0.1) is 6.10 Å². The van der Waals surface area contributed by atoms with Gasteiger partial charge in [-0.2, -0.15) is 0 Å². The SMILES string of the molecule is CCC(C)C(O)CNC(=O)NC(C)CCOC. The van der Waals surface area contributed by atoms with Gasteiger partial charge in [-0.3, -0.25) is 0 Å². The zero-order valence-corrected chi connectivity index (χ0v) is 11.3. The average Bonchev–Trinajstić information content (AvgIpc) is 2.32. The zero-order valence-electron chi connectivity index (χ0n) is 11.3. The summed E-state index contributed by atoms with van der Waals surface area (Å²) < 4.78 is 4.93. The molecule has 5 nitrogen and oxygen atoms in total. The standard InChI is InChI=1S/C12H26N2O3/c1-5-9(2)11(15)8-13-12(16)14-10(3)6-7-17-4/h9-11,15H,5-8H2,1-4H3,(H2,13,14,16). The highest BCUT2D eigenvalue weighted by atomic mass is 16.5. The summed E-state index contributed by atoms with van der Waals surface area (Å²) in [4.78, 5) is 11.5. The van der Waals surface area contributed by atoms with E-state index in [0.717, 1.165) is 12.8 Å². The molecule has 102 valence electrons. The number of rotatable bonds is 8. The van der Waals surface area contributed by atoms with E-state index in [1.54, 1.807) is 7.11 Å². The lowest BCUT2D eigenvalue weighted by Crippen LogP contribution is -2.44. The summed E-state index contributed by atoms with van der Waals surface area (Å²) in [5.74, 6) is 0.196. The minimum atomic E-state index is -0.486. The van der Waals surface area contributed by atoms with Crippen LogP contribution in [0.15, 0.2) is 0 Å². The second kappa shape index (κ2) is 9.24. The van der Waals surface area contributed by atoms with Crippen molar-refractivity contribution in [2.45, 2.75) is 45.8 Å². The highest BCUT2D eigenvalue weighted by molar-refractivity contribution is 5.74. The number of nitrogens with one attached hydrogen (secondary N) is 2. The van der Waals surface area contributed by atoms with Crippen LogP contribution in [0.5, 0.6) is 0 Å². The van der Waals surface area contributed by atoms with E-state index in [9.17, 15) is 9.90 Å². The molecule has 3 N–H and O–H groups in total. The molecule has 2 amide bonds. The monoisotopic (exact) mass is 246 g/mol. The van der Waals surface area contributed by atoms with Gasteiger partial charge in [0.1, 0.15) is 0 Å². The molecule has 0 saturated carbocycles. The smallest absolute Gasteiger partial charge is 0.315 e. The van der Waals surface area contributed by atoms with Crippen LogP contribution in [0.2, 0.25) is 0 Å². The van der Waals surface area contributed by atoms with Crippen molar-refractivity contribution in [2.24, 2.45) is 5.92 Å². The fourth-order valence-corrected chi connectivity index (χ4v) is 1.31. The van der Waals surface area contributed by atoms with Crippen molar-refractivity contribution in [1.29, 1.82) is 0 Å². The average molecular weight is 246 g/mol. The van der Waals surface area contributed by atoms with E-state index in [2.05, 4.69) is 10.6 Å². The molecule has 0 aliphatic heterocycles. The van der Waals surface area contributed by atoms with Gasteiger partial charge in [-0.05, 0) is 19.3 Å². The normalized spacial score (nSPS) is 16.1. The lowest BCUT2D eigenvalue weighted by atomic mass is 10.0. The van der Waals surface area contributed by atoms with Crippen molar-refractivity contribution in [3.05, 3.63) is 0 Å². The van der Waals surface area contributed by atoms with Crippen LogP contribution in [0, 0.1) is 5.92 Å². The largest absolute Gasteiger partial charge is 0.391 e. The number of urea groups is 1. The summed E-state index contributed by atoms with van der Waals surface area (Å²) in [6.45, 7) is 6.81. The summed E-state index contributed by atoms with van der Waals surface area (Å²) >= 11 is 0. The Bertz CT molecular complexity index is 212. The number of hydrogen-bond donors (Lipinski definition) is 3. The summed E-state index contributed by atoms with van der Waals surface area (Å²) in [5, 5.41) is 15.1. The molecule has 0 aliphatic rings. The maximum Gasteiger partial charge on any atom is 0.315 e. The third-order valence-corrected chi connectivity index (χ3v) is 2.91. The first-order valence-corrected chi connectivity index (χ1v) is 6.22. The molecule has 0 aromatic heterocycles. The van der Waals surface area contributed by atoms with Crippen molar-refractivity contribution >= 4 is 6.03 Å². The van der Waals surface area contributed by atoms with Crippen LogP contribution >= 0.6 is 0 Å². The van der Waals surface area contributed by atoms with Crippen LogP contribution in [-0.2, 0) is 4.74 Å². The lowest BCUT2D eigenvalue weighted by molar-refractivity contribution is 0.114. The molecule has 3 unspecified atom stereocenters. The zero-order chi connectivity index (χ0) is 13.3. The number of aliphatic hydroxyl groups excluding tert-OH is 1. The van der Waals surface area contributed by atoms with E-state index in [4.69, 9.17) is 4.74 Å². The topological polar surface area (TPSA) is 70.6 Å². The Morgan fingerprint density at radius 3 is 2.59 bits per heavy atom. The Balaban J connectivity index is 3.71. The molecule has 0 spiro atoms. The molecule has 0 rings (SSSR count). The molecule has 0 radical (unpaired) electrons. The number of methoxy groups -OCH3 is 1. The third kappa shape index (κ3) is 7.99. The van der Waals surface area contributed by atoms with Gasteiger partial charge in [-0.1, -0.05) is 20.3 Å². The minimum absolute atomic E-state index is 0.0655. The Kier molecular flexibility index (Phi) is 8.80. The Hall–Kier alpha value is -0.810. The highest BCUT2D eigenvalue weighted by Gasteiger charge is 2.13. The van der Waals surface area contributed by atoms with Gasteiger partial charge in [0.15, 0.2) is 0 Å². The molecular weight excluding hydrogens is 220 g/mol. The van der Waals surface area contributed by atoms with Gasteiger partial charge in [-0.25, -0.2) is 4.79 Å². The maximum atomic E-state index is 11.5. The fraction of sp³-hybridized carbons (Fsp3) is 0.917. The summed E-state index contributed by atoms with van der Waals surface area (Å²) in [6, 6.07) is -0.174. The second-order valence-electron chi connectivity index (χ2n) is 4.49. The Labute approximate surface area is 104 Å². The first-order valence-electron chi connectivity index (χ1n) is 6.22. The van der Waals surface area contributed by atoms with E-state index in [0.29, 0.717) is 6.61 Å². The van der Waals surface area contributed by atoms with Crippen molar-refractivity contribution in [1.82, 2.24) is 10.6 Å². The molecule has 5 heteroatoms. The predicted octanol–water partition coefficient (Wildman–Crippen LogP) is 1.12.